The first-order valence-corrected chi connectivity index (χ1v) is 12.3. The highest BCUT2D eigenvalue weighted by Gasteiger charge is 2.22. The molecule has 0 spiro atoms. The van der Waals surface area contributed by atoms with Gasteiger partial charge in [0.15, 0.2) is 0 Å². The van der Waals surface area contributed by atoms with Gasteiger partial charge in [-0.25, -0.2) is 8.42 Å². The fourth-order valence-electron chi connectivity index (χ4n) is 3.34. The van der Waals surface area contributed by atoms with Crippen LogP contribution in [0, 0.1) is 5.92 Å². The highest BCUT2D eigenvalue weighted by Crippen LogP contribution is 2.18. The van der Waals surface area contributed by atoms with Gasteiger partial charge in [-0.3, -0.25) is 9.69 Å². The SMILES string of the molecule is CC1CCN(Cc2ccc(CNC(=O)C(C)NS(=O)(=O)c3cccs3)cc2)CC1. The molecule has 1 aromatic carbocycles. The monoisotopic (exact) mass is 435 g/mol. The van der Waals surface area contributed by atoms with Crippen molar-refractivity contribution >= 4 is 27.3 Å². The molecule has 1 saturated heterocycles. The molecule has 0 bridgehead atoms. The normalized spacial score (nSPS) is 17.2. The van der Waals surface area contributed by atoms with E-state index in [0.717, 1.165) is 42.5 Å². The van der Waals surface area contributed by atoms with E-state index in [1.807, 2.05) is 12.1 Å². The third-order valence-electron chi connectivity index (χ3n) is 5.26. The maximum Gasteiger partial charge on any atom is 0.250 e. The Labute approximate surface area is 177 Å². The van der Waals surface area contributed by atoms with Gasteiger partial charge in [0.1, 0.15) is 4.21 Å². The van der Waals surface area contributed by atoms with Crippen LogP contribution in [-0.4, -0.2) is 38.4 Å². The van der Waals surface area contributed by atoms with Crippen LogP contribution in [0.3, 0.4) is 0 Å². The standard InChI is InChI=1S/C21H29N3O3S2/c1-16-9-11-24(12-10-16)15-19-7-5-18(6-8-19)14-22-21(25)17(2)23-29(26,27)20-4-3-13-28-20/h3-8,13,16-17,23H,9-12,14-15H2,1-2H3,(H,22,25). The number of hydrogen-bond acceptors (Lipinski definition) is 5. The third kappa shape index (κ3) is 6.37. The summed E-state index contributed by atoms with van der Waals surface area (Å²) in [5, 5.41) is 4.49. The number of thiophene rings is 1. The summed E-state index contributed by atoms with van der Waals surface area (Å²) >= 11 is 1.12. The van der Waals surface area contributed by atoms with Crippen LogP contribution >= 0.6 is 11.3 Å². The van der Waals surface area contributed by atoms with Crippen molar-refractivity contribution in [3.63, 3.8) is 0 Å². The van der Waals surface area contributed by atoms with Crippen LogP contribution in [0.5, 0.6) is 0 Å². The van der Waals surface area contributed by atoms with Crippen molar-refractivity contribution in [3.8, 4) is 0 Å². The number of likely N-dealkylation sites (tertiary alicyclic amines) is 1. The van der Waals surface area contributed by atoms with Crippen molar-refractivity contribution in [2.45, 2.75) is 50.0 Å². The summed E-state index contributed by atoms with van der Waals surface area (Å²) in [5.74, 6) is 0.478. The Hall–Kier alpha value is -1.74. The number of nitrogens with one attached hydrogen (secondary N) is 2. The zero-order valence-corrected chi connectivity index (χ0v) is 18.6. The van der Waals surface area contributed by atoms with Crippen LogP contribution in [-0.2, 0) is 27.9 Å². The van der Waals surface area contributed by atoms with Gasteiger partial charge in [-0.15, -0.1) is 11.3 Å². The number of sulfonamides is 1. The van der Waals surface area contributed by atoms with Crippen LogP contribution in [0.2, 0.25) is 0 Å². The van der Waals surface area contributed by atoms with Crippen molar-refractivity contribution in [2.75, 3.05) is 13.1 Å². The molecule has 158 valence electrons. The number of rotatable bonds is 8. The molecule has 29 heavy (non-hydrogen) atoms. The van der Waals surface area contributed by atoms with E-state index < -0.39 is 16.1 Å². The number of hydrogen-bond donors (Lipinski definition) is 2. The van der Waals surface area contributed by atoms with Crippen molar-refractivity contribution in [1.29, 1.82) is 0 Å². The van der Waals surface area contributed by atoms with E-state index in [2.05, 4.69) is 34.0 Å². The summed E-state index contributed by atoms with van der Waals surface area (Å²) in [4.78, 5) is 14.8. The molecule has 1 aliphatic heterocycles. The van der Waals surface area contributed by atoms with E-state index in [1.54, 1.807) is 18.4 Å². The smallest absolute Gasteiger partial charge is 0.250 e. The van der Waals surface area contributed by atoms with Gasteiger partial charge in [0.05, 0.1) is 6.04 Å². The molecule has 0 saturated carbocycles. The molecule has 1 aromatic heterocycles. The Kier molecular flexibility index (Phi) is 7.45. The lowest BCUT2D eigenvalue weighted by molar-refractivity contribution is -0.122. The van der Waals surface area contributed by atoms with Gasteiger partial charge >= 0.3 is 0 Å². The third-order valence-corrected chi connectivity index (χ3v) is 8.20. The minimum absolute atomic E-state index is 0.205. The molecule has 1 aliphatic rings. The second-order valence-electron chi connectivity index (χ2n) is 7.77. The van der Waals surface area contributed by atoms with Crippen molar-refractivity contribution < 1.29 is 13.2 Å². The van der Waals surface area contributed by atoms with E-state index in [4.69, 9.17) is 0 Å². The molecule has 0 aliphatic carbocycles. The predicted molar refractivity (Wildman–Crippen MR) is 116 cm³/mol. The molecular weight excluding hydrogens is 406 g/mol. The van der Waals surface area contributed by atoms with Gasteiger partial charge in [0.25, 0.3) is 10.0 Å². The molecule has 1 fully saturated rings. The zero-order chi connectivity index (χ0) is 20.9. The van der Waals surface area contributed by atoms with Crippen LogP contribution in [0.25, 0.3) is 0 Å². The molecule has 1 amide bonds. The molecular formula is C21H29N3O3S2. The fraction of sp³-hybridized carbons (Fsp3) is 0.476. The molecule has 6 nitrogen and oxygen atoms in total. The van der Waals surface area contributed by atoms with Gasteiger partial charge < -0.3 is 5.32 Å². The molecule has 1 unspecified atom stereocenters. The summed E-state index contributed by atoms with van der Waals surface area (Å²) in [6.45, 7) is 7.49. The van der Waals surface area contributed by atoms with Crippen LogP contribution in [0.15, 0.2) is 46.0 Å². The summed E-state index contributed by atoms with van der Waals surface area (Å²) < 4.78 is 27.1. The summed E-state index contributed by atoms with van der Waals surface area (Å²) in [6.07, 6.45) is 2.52. The maximum absolute atomic E-state index is 12.3. The number of piperidine rings is 1. The number of nitrogens with zero attached hydrogens (tertiary/aromatic N) is 1. The average molecular weight is 436 g/mol. The predicted octanol–water partition coefficient (Wildman–Crippen LogP) is 2.96. The van der Waals surface area contributed by atoms with E-state index in [9.17, 15) is 13.2 Å². The molecule has 2 heterocycles. The lowest BCUT2D eigenvalue weighted by Gasteiger charge is -2.30. The van der Waals surface area contributed by atoms with Crippen molar-refractivity contribution in [3.05, 3.63) is 52.9 Å². The number of carbonyl (C=O) groups excluding carboxylic acids is 1. The fourth-order valence-corrected chi connectivity index (χ4v) is 5.56. The topological polar surface area (TPSA) is 78.5 Å². The lowest BCUT2D eigenvalue weighted by atomic mass is 9.99. The molecule has 2 aromatic rings. The summed E-state index contributed by atoms with van der Waals surface area (Å²) in [7, 11) is -3.66. The van der Waals surface area contributed by atoms with Gasteiger partial charge in [-0.05, 0) is 61.3 Å². The first-order valence-electron chi connectivity index (χ1n) is 9.97. The van der Waals surface area contributed by atoms with Crippen LogP contribution in [0.4, 0.5) is 0 Å². The Morgan fingerprint density at radius 2 is 1.83 bits per heavy atom. The minimum atomic E-state index is -3.66. The largest absolute Gasteiger partial charge is 0.351 e. The Morgan fingerprint density at radius 1 is 1.17 bits per heavy atom. The molecule has 0 radical (unpaired) electrons. The van der Waals surface area contributed by atoms with Crippen LogP contribution in [0.1, 0.15) is 37.8 Å². The second kappa shape index (κ2) is 9.84. The van der Waals surface area contributed by atoms with Gasteiger partial charge in [0.2, 0.25) is 5.91 Å². The molecule has 3 rings (SSSR count). The van der Waals surface area contributed by atoms with E-state index in [1.165, 1.54) is 24.5 Å². The maximum atomic E-state index is 12.3. The van der Waals surface area contributed by atoms with Gasteiger partial charge in [0, 0.05) is 13.1 Å². The van der Waals surface area contributed by atoms with Gasteiger partial charge in [-0.1, -0.05) is 37.3 Å². The number of benzene rings is 1. The highest BCUT2D eigenvalue weighted by molar-refractivity contribution is 7.91. The minimum Gasteiger partial charge on any atom is -0.351 e. The second-order valence-corrected chi connectivity index (χ2v) is 10.7. The van der Waals surface area contributed by atoms with Crippen molar-refractivity contribution in [2.24, 2.45) is 5.92 Å². The van der Waals surface area contributed by atoms with Crippen LogP contribution < -0.4 is 10.0 Å². The zero-order valence-electron chi connectivity index (χ0n) is 16.9. The lowest BCUT2D eigenvalue weighted by Crippen LogP contribution is -2.44. The van der Waals surface area contributed by atoms with E-state index in [-0.39, 0.29) is 10.1 Å². The number of carbonyl (C=O) groups is 1. The van der Waals surface area contributed by atoms with Crippen molar-refractivity contribution in [1.82, 2.24) is 14.9 Å². The van der Waals surface area contributed by atoms with E-state index in [0.29, 0.717) is 6.54 Å². The highest BCUT2D eigenvalue weighted by atomic mass is 32.2. The Morgan fingerprint density at radius 3 is 2.45 bits per heavy atom. The van der Waals surface area contributed by atoms with Gasteiger partial charge in [-0.2, -0.15) is 4.72 Å². The Balaban J connectivity index is 1.46. The molecule has 8 heteroatoms. The first kappa shape index (κ1) is 22.0. The molecule has 2 N–H and O–H groups in total. The average Bonchev–Trinajstić information content (AvgIpc) is 3.24. The quantitative estimate of drug-likeness (QED) is 0.668. The molecule has 1 atom stereocenters. The first-order chi connectivity index (χ1) is 13.8. The Bertz CT molecular complexity index is 888. The number of amides is 1. The summed E-state index contributed by atoms with van der Waals surface area (Å²) in [6, 6.07) is 10.6. The van der Waals surface area contributed by atoms with E-state index >= 15 is 0 Å². The summed E-state index contributed by atoms with van der Waals surface area (Å²) in [5.41, 5.74) is 2.26.